The van der Waals surface area contributed by atoms with Crippen LogP contribution >= 0.6 is 34.5 Å². The van der Waals surface area contributed by atoms with Gasteiger partial charge < -0.3 is 5.32 Å². The second-order valence-electron chi connectivity index (χ2n) is 8.04. The Kier molecular flexibility index (Phi) is 6.16. The summed E-state index contributed by atoms with van der Waals surface area (Å²) in [6, 6.07) is 0. The third-order valence-electron chi connectivity index (χ3n) is 4.76. The predicted molar refractivity (Wildman–Crippen MR) is 117 cm³/mol. The molecule has 0 aromatic carbocycles. The Morgan fingerprint density at radius 2 is 1.86 bits per heavy atom. The molecule has 1 aromatic heterocycles. The first-order valence-corrected chi connectivity index (χ1v) is 12.5. The number of nitrogens with one attached hydrogen (secondary N) is 1. The third kappa shape index (κ3) is 4.85. The van der Waals surface area contributed by atoms with Gasteiger partial charge in [-0.25, -0.2) is 8.42 Å². The highest BCUT2D eigenvalue weighted by molar-refractivity contribution is 7.92. The van der Waals surface area contributed by atoms with E-state index in [9.17, 15) is 18.0 Å². The number of allylic oxidation sites excluding steroid dienone is 6. The Bertz CT molecular complexity index is 1090. The van der Waals surface area contributed by atoms with Gasteiger partial charge >= 0.3 is 0 Å². The zero-order chi connectivity index (χ0) is 21.6. The summed E-state index contributed by atoms with van der Waals surface area (Å²) in [6.45, 7) is 3.88. The summed E-state index contributed by atoms with van der Waals surface area (Å²) in [6.07, 6.45) is 7.98. The lowest BCUT2D eigenvalue weighted by molar-refractivity contribution is 0.0909. The molecule has 29 heavy (non-hydrogen) atoms. The number of amides is 1. The summed E-state index contributed by atoms with van der Waals surface area (Å²) in [5.41, 5.74) is 1.01. The van der Waals surface area contributed by atoms with Gasteiger partial charge in [0.15, 0.2) is 15.6 Å². The van der Waals surface area contributed by atoms with Crippen LogP contribution in [-0.4, -0.2) is 26.4 Å². The Morgan fingerprint density at radius 1 is 1.17 bits per heavy atom. The zero-order valence-electron chi connectivity index (χ0n) is 16.3. The molecule has 1 amide bonds. The second-order valence-corrected chi connectivity index (χ2v) is 12.1. The molecular formula is C20H21Cl2NO4S2. The van der Waals surface area contributed by atoms with E-state index in [0.29, 0.717) is 40.6 Å². The van der Waals surface area contributed by atoms with E-state index >= 15 is 0 Å². The first-order valence-electron chi connectivity index (χ1n) is 9.02. The van der Waals surface area contributed by atoms with Gasteiger partial charge in [0.1, 0.15) is 4.21 Å². The van der Waals surface area contributed by atoms with Crippen LogP contribution in [-0.2, 0) is 16.3 Å². The van der Waals surface area contributed by atoms with E-state index < -0.39 is 15.7 Å². The van der Waals surface area contributed by atoms with E-state index in [1.807, 2.05) is 13.8 Å². The fourth-order valence-electron chi connectivity index (χ4n) is 3.50. The minimum atomic E-state index is -3.63. The van der Waals surface area contributed by atoms with E-state index in [1.165, 1.54) is 0 Å². The van der Waals surface area contributed by atoms with Gasteiger partial charge in [-0.3, -0.25) is 9.59 Å². The van der Waals surface area contributed by atoms with Crippen LogP contribution in [0.2, 0.25) is 0 Å². The molecule has 156 valence electrons. The van der Waals surface area contributed by atoms with Crippen LogP contribution in [0.3, 0.4) is 0 Å². The molecule has 0 bridgehead atoms. The molecule has 0 aliphatic heterocycles. The molecule has 0 saturated carbocycles. The lowest BCUT2D eigenvalue weighted by Gasteiger charge is -2.29. The quantitative estimate of drug-likeness (QED) is 0.672. The molecule has 2 aliphatic carbocycles. The molecule has 0 atom stereocenters. The van der Waals surface area contributed by atoms with Crippen LogP contribution in [0, 0.1) is 5.41 Å². The fraction of sp³-hybridized carbons (Fsp3) is 0.400. The number of halogens is 2. The predicted octanol–water partition coefficient (Wildman–Crippen LogP) is 4.96. The third-order valence-corrected chi connectivity index (χ3v) is 8.61. The van der Waals surface area contributed by atoms with Gasteiger partial charge in [-0.15, -0.1) is 11.3 Å². The standard InChI is InChI=1S/C20H21Cl2NO4S2/c1-20(2)9-12-16(15(24)10-20)19(29(3,26)27)28-17(12)18(25)23-11-5-4-6-13(21)14(22)8-7-11/h6-8H,4-5,9-10H2,1-3H3,(H,23,25)/b11-7+,13-6+,14-8+. The number of carbonyl (C=O) groups excluding carboxylic acids is 2. The normalized spacial score (nSPS) is 24.7. The van der Waals surface area contributed by atoms with Gasteiger partial charge in [0.05, 0.1) is 20.5 Å². The average molecular weight is 474 g/mol. The SMILES string of the molecule is CC1(C)CC(=O)c2c(S(C)(=O)=O)sc(C(=O)N/C3=C/C=C(Cl)\C(Cl)=C/CC3)c2C1. The number of ketones is 1. The summed E-state index contributed by atoms with van der Waals surface area (Å²) in [5, 5.41) is 3.68. The highest BCUT2D eigenvalue weighted by Gasteiger charge is 2.39. The number of thiophene rings is 1. The number of hydrogen-bond acceptors (Lipinski definition) is 5. The summed E-state index contributed by atoms with van der Waals surface area (Å²) >= 11 is 12.9. The Morgan fingerprint density at radius 3 is 2.52 bits per heavy atom. The molecule has 3 rings (SSSR count). The smallest absolute Gasteiger partial charge is 0.265 e. The monoisotopic (exact) mass is 473 g/mol. The fourth-order valence-corrected chi connectivity index (χ4v) is 6.24. The van der Waals surface area contributed by atoms with E-state index in [2.05, 4.69) is 5.32 Å². The summed E-state index contributed by atoms with van der Waals surface area (Å²) in [5.74, 6) is -0.648. The molecule has 0 saturated heterocycles. The Labute approximate surface area is 184 Å². The van der Waals surface area contributed by atoms with Gasteiger partial charge in [-0.05, 0) is 42.4 Å². The average Bonchev–Trinajstić information content (AvgIpc) is 2.96. The van der Waals surface area contributed by atoms with Crippen LogP contribution in [0.15, 0.2) is 38.2 Å². The van der Waals surface area contributed by atoms with Crippen LogP contribution in [0.5, 0.6) is 0 Å². The number of hydrogen-bond donors (Lipinski definition) is 1. The molecule has 1 aromatic rings. The largest absolute Gasteiger partial charge is 0.325 e. The Balaban J connectivity index is 2.01. The topological polar surface area (TPSA) is 80.3 Å². The minimum Gasteiger partial charge on any atom is -0.325 e. The van der Waals surface area contributed by atoms with Gasteiger partial charge in [0, 0.05) is 18.4 Å². The van der Waals surface area contributed by atoms with E-state index in [0.717, 1.165) is 17.6 Å². The maximum Gasteiger partial charge on any atom is 0.265 e. The number of fused-ring (bicyclic) bond motifs is 1. The number of Topliss-reactive ketones (excluding diaryl/α,β-unsaturated/α-hetero) is 1. The molecule has 1 heterocycles. The van der Waals surface area contributed by atoms with Crippen LogP contribution in [0.25, 0.3) is 0 Å². The molecule has 0 fully saturated rings. The van der Waals surface area contributed by atoms with E-state index in [4.69, 9.17) is 23.2 Å². The maximum absolute atomic E-state index is 13.0. The van der Waals surface area contributed by atoms with Crippen molar-refractivity contribution in [1.82, 2.24) is 5.32 Å². The van der Waals surface area contributed by atoms with Gasteiger partial charge in [-0.2, -0.15) is 0 Å². The molecule has 5 nitrogen and oxygen atoms in total. The summed E-state index contributed by atoms with van der Waals surface area (Å²) in [4.78, 5) is 26.0. The van der Waals surface area contributed by atoms with Crippen molar-refractivity contribution in [3.05, 3.63) is 50.0 Å². The lowest BCUT2D eigenvalue weighted by atomic mass is 9.74. The van der Waals surface area contributed by atoms with Crippen molar-refractivity contribution in [1.29, 1.82) is 0 Å². The molecule has 0 spiro atoms. The Hall–Kier alpha value is -1.41. The number of rotatable bonds is 3. The molecule has 1 N–H and O–H groups in total. The van der Waals surface area contributed by atoms with Crippen LogP contribution < -0.4 is 5.32 Å². The zero-order valence-corrected chi connectivity index (χ0v) is 19.4. The first-order chi connectivity index (χ1) is 13.4. The maximum atomic E-state index is 13.0. The highest BCUT2D eigenvalue weighted by atomic mass is 35.5. The van der Waals surface area contributed by atoms with Crippen molar-refractivity contribution < 1.29 is 18.0 Å². The lowest BCUT2D eigenvalue weighted by Crippen LogP contribution is -2.29. The van der Waals surface area contributed by atoms with Gasteiger partial charge in [0.25, 0.3) is 5.91 Å². The van der Waals surface area contributed by atoms with Crippen molar-refractivity contribution in [2.24, 2.45) is 5.41 Å². The molecule has 0 radical (unpaired) electrons. The first kappa shape index (κ1) is 22.3. The second kappa shape index (κ2) is 8.02. The van der Waals surface area contributed by atoms with E-state index in [1.54, 1.807) is 18.2 Å². The molecule has 0 unspecified atom stereocenters. The highest BCUT2D eigenvalue weighted by Crippen LogP contribution is 2.43. The summed E-state index contributed by atoms with van der Waals surface area (Å²) < 4.78 is 24.5. The van der Waals surface area contributed by atoms with Crippen molar-refractivity contribution in [3.63, 3.8) is 0 Å². The number of sulfone groups is 1. The molecule has 9 heteroatoms. The van der Waals surface area contributed by atoms with Crippen LogP contribution in [0.4, 0.5) is 0 Å². The number of carbonyl (C=O) groups is 2. The van der Waals surface area contributed by atoms with Gasteiger partial charge in [-0.1, -0.05) is 43.1 Å². The van der Waals surface area contributed by atoms with Crippen molar-refractivity contribution >= 4 is 56.1 Å². The van der Waals surface area contributed by atoms with Crippen molar-refractivity contribution in [3.8, 4) is 0 Å². The van der Waals surface area contributed by atoms with Crippen molar-refractivity contribution in [2.75, 3.05) is 6.26 Å². The van der Waals surface area contributed by atoms with E-state index in [-0.39, 0.29) is 32.3 Å². The van der Waals surface area contributed by atoms with Crippen LogP contribution in [0.1, 0.15) is 58.7 Å². The van der Waals surface area contributed by atoms with Crippen molar-refractivity contribution in [2.45, 2.75) is 43.7 Å². The van der Waals surface area contributed by atoms with Gasteiger partial charge in [0.2, 0.25) is 0 Å². The molecular weight excluding hydrogens is 453 g/mol. The molecule has 2 aliphatic rings. The minimum absolute atomic E-state index is 0.0255. The summed E-state index contributed by atoms with van der Waals surface area (Å²) in [7, 11) is -3.63.